The summed E-state index contributed by atoms with van der Waals surface area (Å²) in [7, 11) is 0. The Bertz CT molecular complexity index is 115. The predicted octanol–water partition coefficient (Wildman–Crippen LogP) is 1.17. The minimum atomic E-state index is -0.201. The third kappa shape index (κ3) is 1.30. The standard InChI is InChI=1S/C6H10O2S2/c1-2-8-6(7-1)3-9-5-10-4-6/h1-5H2. The molecule has 0 unspecified atom stereocenters. The molecule has 0 atom stereocenters. The predicted molar refractivity (Wildman–Crippen MR) is 44.4 cm³/mol. The van der Waals surface area contributed by atoms with Crippen molar-refractivity contribution in [2.45, 2.75) is 5.79 Å². The summed E-state index contributed by atoms with van der Waals surface area (Å²) in [6, 6.07) is 0. The number of ether oxygens (including phenoxy) is 2. The van der Waals surface area contributed by atoms with Gasteiger partial charge in [0.05, 0.1) is 13.2 Å². The van der Waals surface area contributed by atoms with E-state index in [-0.39, 0.29) is 5.79 Å². The van der Waals surface area contributed by atoms with Crippen LogP contribution in [0.1, 0.15) is 0 Å². The van der Waals surface area contributed by atoms with Crippen molar-refractivity contribution in [1.29, 1.82) is 0 Å². The second-order valence-corrected chi connectivity index (χ2v) is 4.76. The fraction of sp³-hybridized carbons (Fsp3) is 1.00. The van der Waals surface area contributed by atoms with Crippen LogP contribution < -0.4 is 0 Å². The van der Waals surface area contributed by atoms with Crippen LogP contribution in [0.3, 0.4) is 0 Å². The molecule has 2 aliphatic rings. The van der Waals surface area contributed by atoms with Crippen molar-refractivity contribution in [2.24, 2.45) is 0 Å². The summed E-state index contributed by atoms with van der Waals surface area (Å²) >= 11 is 3.81. The topological polar surface area (TPSA) is 18.5 Å². The van der Waals surface area contributed by atoms with E-state index in [1.165, 1.54) is 5.08 Å². The van der Waals surface area contributed by atoms with Gasteiger partial charge in [0.25, 0.3) is 0 Å². The summed E-state index contributed by atoms with van der Waals surface area (Å²) in [5, 5.41) is 1.19. The van der Waals surface area contributed by atoms with Gasteiger partial charge in [-0.05, 0) is 0 Å². The SMILES string of the molecule is C1COC2(CSCSC2)O1. The van der Waals surface area contributed by atoms with Gasteiger partial charge < -0.3 is 9.47 Å². The molecule has 0 aliphatic carbocycles. The lowest BCUT2D eigenvalue weighted by Crippen LogP contribution is -2.38. The molecule has 2 saturated heterocycles. The fourth-order valence-corrected chi connectivity index (χ4v) is 3.59. The average Bonchev–Trinajstić information content (AvgIpc) is 2.39. The van der Waals surface area contributed by atoms with Crippen LogP contribution in [-0.2, 0) is 9.47 Å². The van der Waals surface area contributed by atoms with Gasteiger partial charge in [0.1, 0.15) is 0 Å². The van der Waals surface area contributed by atoms with E-state index >= 15 is 0 Å². The van der Waals surface area contributed by atoms with Crippen LogP contribution >= 0.6 is 23.5 Å². The monoisotopic (exact) mass is 178 g/mol. The van der Waals surface area contributed by atoms with Crippen molar-refractivity contribution in [3.8, 4) is 0 Å². The van der Waals surface area contributed by atoms with E-state index in [4.69, 9.17) is 9.47 Å². The Hall–Kier alpha value is 0.620. The Morgan fingerprint density at radius 2 is 1.60 bits per heavy atom. The van der Waals surface area contributed by atoms with Crippen LogP contribution in [0, 0.1) is 0 Å². The highest BCUT2D eigenvalue weighted by Crippen LogP contribution is 2.34. The number of hydrogen-bond acceptors (Lipinski definition) is 4. The molecule has 2 aliphatic heterocycles. The van der Waals surface area contributed by atoms with Gasteiger partial charge in [-0.15, -0.1) is 23.5 Å². The highest BCUT2D eigenvalue weighted by Gasteiger charge is 2.38. The first-order valence-corrected chi connectivity index (χ1v) is 5.66. The van der Waals surface area contributed by atoms with Gasteiger partial charge in [-0.2, -0.15) is 0 Å². The van der Waals surface area contributed by atoms with E-state index < -0.39 is 0 Å². The van der Waals surface area contributed by atoms with Gasteiger partial charge in [-0.3, -0.25) is 0 Å². The van der Waals surface area contributed by atoms with E-state index in [0.717, 1.165) is 24.7 Å². The number of thioether (sulfide) groups is 2. The Balaban J connectivity index is 1.98. The summed E-state index contributed by atoms with van der Waals surface area (Å²) < 4.78 is 11.0. The van der Waals surface area contributed by atoms with Crippen LogP contribution in [0.15, 0.2) is 0 Å². The van der Waals surface area contributed by atoms with Crippen LogP contribution in [-0.4, -0.2) is 35.6 Å². The molecule has 4 heteroatoms. The van der Waals surface area contributed by atoms with Gasteiger partial charge in [0.2, 0.25) is 0 Å². The van der Waals surface area contributed by atoms with E-state index in [9.17, 15) is 0 Å². The molecule has 0 N–H and O–H groups in total. The molecular weight excluding hydrogens is 168 g/mol. The molecule has 2 rings (SSSR count). The molecule has 58 valence electrons. The smallest absolute Gasteiger partial charge is 0.186 e. The molecule has 0 bridgehead atoms. The molecular formula is C6H10O2S2. The maximum absolute atomic E-state index is 5.52. The maximum Gasteiger partial charge on any atom is 0.186 e. The number of rotatable bonds is 0. The lowest BCUT2D eigenvalue weighted by molar-refractivity contribution is -0.117. The highest BCUT2D eigenvalue weighted by atomic mass is 32.2. The molecule has 0 aromatic heterocycles. The molecule has 10 heavy (non-hydrogen) atoms. The lowest BCUT2D eigenvalue weighted by atomic mass is 10.4. The third-order valence-electron chi connectivity index (χ3n) is 1.62. The summed E-state index contributed by atoms with van der Waals surface area (Å²) in [6.45, 7) is 1.56. The second-order valence-electron chi connectivity index (χ2n) is 2.42. The zero-order valence-electron chi connectivity index (χ0n) is 5.67. The fourth-order valence-electron chi connectivity index (χ4n) is 1.16. The average molecular weight is 178 g/mol. The summed E-state index contributed by atoms with van der Waals surface area (Å²) in [5.74, 6) is 1.83. The van der Waals surface area contributed by atoms with Crippen molar-refractivity contribution >= 4 is 23.5 Å². The van der Waals surface area contributed by atoms with Crippen molar-refractivity contribution < 1.29 is 9.47 Å². The van der Waals surface area contributed by atoms with E-state index in [0.29, 0.717) is 0 Å². The first-order chi connectivity index (χ1) is 4.91. The molecule has 0 aromatic rings. The van der Waals surface area contributed by atoms with Crippen molar-refractivity contribution in [1.82, 2.24) is 0 Å². The van der Waals surface area contributed by atoms with Gasteiger partial charge >= 0.3 is 0 Å². The molecule has 0 saturated carbocycles. The zero-order chi connectivity index (χ0) is 6.86. The van der Waals surface area contributed by atoms with Gasteiger partial charge in [0.15, 0.2) is 5.79 Å². The minimum absolute atomic E-state index is 0.201. The van der Waals surface area contributed by atoms with E-state index in [1.807, 2.05) is 23.5 Å². The van der Waals surface area contributed by atoms with Crippen molar-refractivity contribution in [3.63, 3.8) is 0 Å². The molecule has 0 aromatic carbocycles. The van der Waals surface area contributed by atoms with Gasteiger partial charge in [0, 0.05) is 16.6 Å². The molecule has 1 spiro atoms. The zero-order valence-corrected chi connectivity index (χ0v) is 7.30. The third-order valence-corrected chi connectivity index (χ3v) is 4.25. The number of hydrogen-bond donors (Lipinski definition) is 0. The second kappa shape index (κ2) is 2.93. The molecule has 2 fully saturated rings. The van der Waals surface area contributed by atoms with Crippen LogP contribution in [0.5, 0.6) is 0 Å². The Morgan fingerprint density at radius 3 is 2.20 bits per heavy atom. The Morgan fingerprint density at radius 1 is 1.00 bits per heavy atom. The van der Waals surface area contributed by atoms with E-state index in [2.05, 4.69) is 0 Å². The molecule has 2 nitrogen and oxygen atoms in total. The molecule has 2 heterocycles. The normalized spacial score (nSPS) is 31.2. The maximum atomic E-state index is 5.52. The molecule has 0 radical (unpaired) electrons. The van der Waals surface area contributed by atoms with Crippen LogP contribution in [0.25, 0.3) is 0 Å². The quantitative estimate of drug-likeness (QED) is 0.554. The Kier molecular flexibility index (Phi) is 2.13. The highest BCUT2D eigenvalue weighted by molar-refractivity contribution is 8.16. The first-order valence-electron chi connectivity index (χ1n) is 3.35. The van der Waals surface area contributed by atoms with Crippen molar-refractivity contribution in [3.05, 3.63) is 0 Å². The van der Waals surface area contributed by atoms with E-state index in [1.54, 1.807) is 0 Å². The summed E-state index contributed by atoms with van der Waals surface area (Å²) in [4.78, 5) is 0. The summed E-state index contributed by atoms with van der Waals surface area (Å²) in [6.07, 6.45) is 0. The lowest BCUT2D eigenvalue weighted by Gasteiger charge is -2.29. The first kappa shape index (κ1) is 7.28. The molecule has 0 amide bonds. The van der Waals surface area contributed by atoms with Crippen LogP contribution in [0.2, 0.25) is 0 Å². The van der Waals surface area contributed by atoms with Crippen molar-refractivity contribution in [2.75, 3.05) is 29.8 Å². The van der Waals surface area contributed by atoms with Crippen LogP contribution in [0.4, 0.5) is 0 Å². The Labute approximate surface area is 69.0 Å². The van der Waals surface area contributed by atoms with Gasteiger partial charge in [-0.25, -0.2) is 0 Å². The minimum Gasteiger partial charge on any atom is -0.346 e. The summed E-state index contributed by atoms with van der Waals surface area (Å²) in [5.41, 5.74) is 0. The largest absolute Gasteiger partial charge is 0.346 e. The van der Waals surface area contributed by atoms with Gasteiger partial charge in [-0.1, -0.05) is 0 Å².